The van der Waals surface area contributed by atoms with Crippen molar-refractivity contribution in [3.8, 4) is 0 Å². The number of hydrogen-bond donors (Lipinski definition) is 2. The summed E-state index contributed by atoms with van der Waals surface area (Å²) >= 11 is 5.29. The summed E-state index contributed by atoms with van der Waals surface area (Å²) in [5.74, 6) is -0.289. The van der Waals surface area contributed by atoms with Gasteiger partial charge in [-0.2, -0.15) is 0 Å². The van der Waals surface area contributed by atoms with E-state index in [4.69, 9.17) is 17.0 Å². The number of esters is 1. The fourth-order valence-corrected chi connectivity index (χ4v) is 3.22. The van der Waals surface area contributed by atoms with Crippen molar-refractivity contribution in [2.75, 3.05) is 25.6 Å². The van der Waals surface area contributed by atoms with Crippen molar-refractivity contribution in [2.24, 2.45) is 0 Å². The Labute approximate surface area is 161 Å². The van der Waals surface area contributed by atoms with Crippen LogP contribution in [0, 0.1) is 0 Å². The summed E-state index contributed by atoms with van der Waals surface area (Å²) in [5, 5.41) is 6.76. The number of thiocarbonyl (C=S) groups is 1. The molecule has 0 bridgehead atoms. The highest BCUT2D eigenvalue weighted by Crippen LogP contribution is 2.29. The first-order valence-electron chi connectivity index (χ1n) is 9.16. The molecule has 0 fully saturated rings. The Morgan fingerprint density at radius 2 is 1.88 bits per heavy atom. The number of ether oxygens (including phenoxy) is 1. The minimum absolute atomic E-state index is 0.289. The summed E-state index contributed by atoms with van der Waals surface area (Å²) < 4.78 is 5.52. The smallest absolute Gasteiger partial charge is 0.338 e. The van der Waals surface area contributed by atoms with Gasteiger partial charge in [-0.3, -0.25) is 0 Å². The van der Waals surface area contributed by atoms with Gasteiger partial charge in [0.25, 0.3) is 0 Å². The lowest BCUT2D eigenvalue weighted by molar-refractivity contribution is -0.139. The maximum atomic E-state index is 12.7. The zero-order valence-corrected chi connectivity index (χ0v) is 16.9. The average molecular weight is 376 g/mol. The minimum atomic E-state index is -0.303. The summed E-state index contributed by atoms with van der Waals surface area (Å²) in [6, 6.07) is 7.80. The van der Waals surface area contributed by atoms with Crippen LogP contribution in [0.15, 0.2) is 35.5 Å². The largest absolute Gasteiger partial charge is 0.462 e. The Bertz CT molecular complexity index is 668. The van der Waals surface area contributed by atoms with Gasteiger partial charge in [-0.15, -0.1) is 0 Å². The van der Waals surface area contributed by atoms with Crippen LogP contribution >= 0.6 is 12.2 Å². The van der Waals surface area contributed by atoms with Crippen LogP contribution in [0.3, 0.4) is 0 Å². The molecule has 2 N–H and O–H groups in total. The van der Waals surface area contributed by atoms with Crippen LogP contribution in [0.2, 0.25) is 0 Å². The van der Waals surface area contributed by atoms with Gasteiger partial charge in [-0.1, -0.05) is 38.3 Å². The first-order valence-corrected chi connectivity index (χ1v) is 9.57. The first kappa shape index (κ1) is 20.2. The topological polar surface area (TPSA) is 53.6 Å². The van der Waals surface area contributed by atoms with E-state index in [-0.39, 0.29) is 12.0 Å². The fraction of sp³-hybridized carbons (Fsp3) is 0.500. The van der Waals surface area contributed by atoms with E-state index in [1.54, 1.807) is 0 Å². The minimum Gasteiger partial charge on any atom is -0.462 e. The predicted molar refractivity (Wildman–Crippen MR) is 110 cm³/mol. The zero-order chi connectivity index (χ0) is 19.1. The molecule has 1 heterocycles. The third-order valence-electron chi connectivity index (χ3n) is 4.46. The highest BCUT2D eigenvalue weighted by atomic mass is 32.1. The Morgan fingerprint density at radius 1 is 1.19 bits per heavy atom. The van der Waals surface area contributed by atoms with Gasteiger partial charge in [-0.05, 0) is 43.3 Å². The lowest BCUT2D eigenvalue weighted by Gasteiger charge is -2.30. The number of rotatable bonds is 8. The van der Waals surface area contributed by atoms with Crippen molar-refractivity contribution in [1.29, 1.82) is 0 Å². The van der Waals surface area contributed by atoms with Crippen molar-refractivity contribution in [1.82, 2.24) is 10.6 Å². The van der Waals surface area contributed by atoms with Crippen LogP contribution in [-0.4, -0.2) is 31.8 Å². The molecule has 1 aliphatic heterocycles. The molecule has 0 amide bonds. The van der Waals surface area contributed by atoms with E-state index < -0.39 is 0 Å². The van der Waals surface area contributed by atoms with E-state index in [1.165, 1.54) is 0 Å². The molecule has 2 rings (SSSR count). The standard InChI is InChI=1S/C20H29N3O2S/c1-5-6-7-8-13-25-19(24)17-14(2)21-20(26)22-18(17)15-9-11-16(12-10-15)23(3)4/h9-12,18H,5-8,13H2,1-4H3,(H2,21,22,26)/t18-/m1/s1. The van der Waals surface area contributed by atoms with Crippen LogP contribution in [0.25, 0.3) is 0 Å². The van der Waals surface area contributed by atoms with Gasteiger partial charge in [0.15, 0.2) is 5.11 Å². The van der Waals surface area contributed by atoms with Crippen LogP contribution in [0.5, 0.6) is 0 Å². The maximum Gasteiger partial charge on any atom is 0.338 e. The molecule has 1 aromatic carbocycles. The number of carbonyl (C=O) groups is 1. The Hall–Kier alpha value is -2.08. The van der Waals surface area contributed by atoms with Gasteiger partial charge in [0.1, 0.15) is 0 Å². The summed E-state index contributed by atoms with van der Waals surface area (Å²) in [5.41, 5.74) is 3.42. The number of nitrogens with zero attached hydrogens (tertiary/aromatic N) is 1. The van der Waals surface area contributed by atoms with Crippen molar-refractivity contribution in [3.63, 3.8) is 0 Å². The molecule has 1 aliphatic rings. The Kier molecular flexibility index (Phi) is 7.45. The van der Waals surface area contributed by atoms with Gasteiger partial charge in [-0.25, -0.2) is 4.79 Å². The van der Waals surface area contributed by atoms with E-state index in [1.807, 2.05) is 50.2 Å². The van der Waals surface area contributed by atoms with Crippen molar-refractivity contribution >= 4 is 29.0 Å². The van der Waals surface area contributed by atoms with E-state index in [2.05, 4.69) is 17.6 Å². The molecule has 0 spiro atoms. The molecule has 0 saturated carbocycles. The number of allylic oxidation sites excluding steroid dienone is 1. The van der Waals surface area contributed by atoms with Crippen molar-refractivity contribution in [2.45, 2.75) is 45.6 Å². The number of anilines is 1. The third kappa shape index (κ3) is 5.21. The van der Waals surface area contributed by atoms with Gasteiger partial charge in [0, 0.05) is 25.5 Å². The zero-order valence-electron chi connectivity index (χ0n) is 16.1. The van der Waals surface area contributed by atoms with Gasteiger partial charge >= 0.3 is 5.97 Å². The lowest BCUT2D eigenvalue weighted by Crippen LogP contribution is -2.45. The van der Waals surface area contributed by atoms with E-state index in [9.17, 15) is 4.79 Å². The number of carbonyl (C=O) groups excluding carboxylic acids is 1. The Morgan fingerprint density at radius 3 is 2.50 bits per heavy atom. The van der Waals surface area contributed by atoms with Crippen LogP contribution in [0.4, 0.5) is 5.69 Å². The van der Waals surface area contributed by atoms with E-state index >= 15 is 0 Å². The van der Waals surface area contributed by atoms with E-state index in [0.717, 1.165) is 42.6 Å². The molecule has 142 valence electrons. The van der Waals surface area contributed by atoms with Gasteiger partial charge < -0.3 is 20.3 Å². The molecule has 0 aliphatic carbocycles. The summed E-state index contributed by atoms with van der Waals surface area (Å²) in [6.07, 6.45) is 4.30. The molecule has 0 unspecified atom stereocenters. The van der Waals surface area contributed by atoms with E-state index in [0.29, 0.717) is 17.3 Å². The molecule has 0 radical (unpaired) electrons. The lowest BCUT2D eigenvalue weighted by atomic mass is 9.95. The molecule has 1 atom stereocenters. The summed E-state index contributed by atoms with van der Waals surface area (Å²) in [4.78, 5) is 14.7. The van der Waals surface area contributed by atoms with Crippen molar-refractivity contribution < 1.29 is 9.53 Å². The molecular formula is C20H29N3O2S. The molecular weight excluding hydrogens is 346 g/mol. The van der Waals surface area contributed by atoms with Gasteiger partial charge in [0.05, 0.1) is 18.2 Å². The number of benzene rings is 1. The maximum absolute atomic E-state index is 12.7. The second-order valence-corrected chi connectivity index (χ2v) is 7.16. The average Bonchev–Trinajstić information content (AvgIpc) is 2.60. The van der Waals surface area contributed by atoms with Gasteiger partial charge in [0.2, 0.25) is 0 Å². The fourth-order valence-electron chi connectivity index (χ4n) is 2.95. The third-order valence-corrected chi connectivity index (χ3v) is 4.68. The van der Waals surface area contributed by atoms with Crippen molar-refractivity contribution in [3.05, 3.63) is 41.1 Å². The SMILES string of the molecule is CCCCCCOC(=O)C1=C(C)NC(=S)N[C@@H]1c1ccc(N(C)C)cc1. The van der Waals surface area contributed by atoms with Crippen LogP contribution in [0.1, 0.15) is 51.1 Å². The Balaban J connectivity index is 2.15. The molecule has 0 aromatic heterocycles. The quantitative estimate of drug-likeness (QED) is 0.411. The number of nitrogens with one attached hydrogen (secondary N) is 2. The number of unbranched alkanes of at least 4 members (excludes halogenated alkanes) is 3. The molecule has 26 heavy (non-hydrogen) atoms. The van der Waals surface area contributed by atoms with Crippen LogP contribution in [-0.2, 0) is 9.53 Å². The second-order valence-electron chi connectivity index (χ2n) is 6.75. The normalized spacial score (nSPS) is 16.8. The summed E-state index contributed by atoms with van der Waals surface area (Å²) in [7, 11) is 4.00. The molecule has 0 saturated heterocycles. The summed E-state index contributed by atoms with van der Waals surface area (Å²) in [6.45, 7) is 4.48. The highest BCUT2D eigenvalue weighted by Gasteiger charge is 2.30. The molecule has 5 nitrogen and oxygen atoms in total. The monoisotopic (exact) mass is 375 g/mol. The first-order chi connectivity index (χ1) is 12.4. The predicted octanol–water partition coefficient (Wildman–Crippen LogP) is 3.67. The second kappa shape index (κ2) is 9.57. The number of hydrogen-bond acceptors (Lipinski definition) is 4. The molecule has 6 heteroatoms. The highest BCUT2D eigenvalue weighted by molar-refractivity contribution is 7.80. The van der Waals surface area contributed by atoms with Crippen LogP contribution < -0.4 is 15.5 Å². The molecule has 1 aromatic rings.